The van der Waals surface area contributed by atoms with E-state index < -0.39 is 16.0 Å². The van der Waals surface area contributed by atoms with Gasteiger partial charge in [0.2, 0.25) is 10.0 Å². The number of nitrogens with zero attached hydrogens (tertiary/aromatic N) is 2. The van der Waals surface area contributed by atoms with Gasteiger partial charge in [-0.1, -0.05) is 42.5 Å². The number of esters is 1. The number of hydrogen-bond acceptors (Lipinski definition) is 6. The van der Waals surface area contributed by atoms with E-state index >= 15 is 0 Å². The first-order valence-electron chi connectivity index (χ1n) is 10.2. The summed E-state index contributed by atoms with van der Waals surface area (Å²) in [5.74, 6) is 0.0548. The molecule has 0 radical (unpaired) electrons. The SMILES string of the molecule is COC(=O)COc1ccc(CCN(Cc2ccccc2)S(=O)(=O)c2ccc(C#N)cc2)cc1. The lowest BCUT2D eigenvalue weighted by atomic mass is 10.1. The van der Waals surface area contributed by atoms with Gasteiger partial charge in [0, 0.05) is 13.1 Å². The molecule has 0 fully saturated rings. The van der Waals surface area contributed by atoms with Gasteiger partial charge in [-0.25, -0.2) is 13.2 Å². The van der Waals surface area contributed by atoms with E-state index in [-0.39, 0.29) is 24.6 Å². The van der Waals surface area contributed by atoms with Gasteiger partial charge in [0.1, 0.15) is 5.75 Å². The first-order valence-corrected chi connectivity index (χ1v) is 11.7. The van der Waals surface area contributed by atoms with Crippen LogP contribution < -0.4 is 4.74 Å². The second kappa shape index (κ2) is 11.3. The molecule has 0 spiro atoms. The highest BCUT2D eigenvalue weighted by Crippen LogP contribution is 2.20. The van der Waals surface area contributed by atoms with Crippen LogP contribution in [0.15, 0.2) is 83.8 Å². The van der Waals surface area contributed by atoms with Crippen LogP contribution in [-0.4, -0.2) is 39.0 Å². The number of sulfonamides is 1. The molecule has 3 aromatic carbocycles. The fourth-order valence-corrected chi connectivity index (χ4v) is 4.56. The topological polar surface area (TPSA) is 96.7 Å². The maximum Gasteiger partial charge on any atom is 0.343 e. The molecule has 8 heteroatoms. The van der Waals surface area contributed by atoms with E-state index in [1.807, 2.05) is 48.5 Å². The van der Waals surface area contributed by atoms with Gasteiger partial charge in [-0.05, 0) is 53.9 Å². The zero-order chi connectivity index (χ0) is 23.7. The van der Waals surface area contributed by atoms with Crippen molar-refractivity contribution in [1.82, 2.24) is 4.31 Å². The zero-order valence-electron chi connectivity index (χ0n) is 18.2. The van der Waals surface area contributed by atoms with E-state index in [0.29, 0.717) is 17.7 Å². The van der Waals surface area contributed by atoms with Crippen LogP contribution in [0.4, 0.5) is 0 Å². The van der Waals surface area contributed by atoms with Crippen LogP contribution in [0.2, 0.25) is 0 Å². The molecule has 0 saturated heterocycles. The van der Waals surface area contributed by atoms with E-state index in [9.17, 15) is 13.2 Å². The van der Waals surface area contributed by atoms with Crippen molar-refractivity contribution in [1.29, 1.82) is 5.26 Å². The lowest BCUT2D eigenvalue weighted by molar-refractivity contribution is -0.142. The molecule has 3 aromatic rings. The zero-order valence-corrected chi connectivity index (χ0v) is 19.0. The van der Waals surface area contributed by atoms with Gasteiger partial charge in [0.25, 0.3) is 0 Å². The summed E-state index contributed by atoms with van der Waals surface area (Å²) in [6.07, 6.45) is 0.486. The minimum atomic E-state index is -3.78. The quantitative estimate of drug-likeness (QED) is 0.426. The minimum Gasteiger partial charge on any atom is -0.482 e. The molecule has 0 unspecified atom stereocenters. The van der Waals surface area contributed by atoms with E-state index in [1.54, 1.807) is 12.1 Å². The Balaban J connectivity index is 1.75. The first kappa shape index (κ1) is 24.0. The number of methoxy groups -OCH3 is 1. The van der Waals surface area contributed by atoms with Crippen molar-refractivity contribution in [2.24, 2.45) is 0 Å². The normalized spacial score (nSPS) is 11.1. The van der Waals surface area contributed by atoms with Crippen molar-refractivity contribution in [2.45, 2.75) is 17.9 Å². The van der Waals surface area contributed by atoms with Crippen LogP contribution in [0.5, 0.6) is 5.75 Å². The average Bonchev–Trinajstić information content (AvgIpc) is 2.86. The molecule has 0 amide bonds. The summed E-state index contributed by atoms with van der Waals surface area (Å²) in [5, 5.41) is 9.00. The lowest BCUT2D eigenvalue weighted by Gasteiger charge is -2.22. The predicted molar refractivity (Wildman–Crippen MR) is 123 cm³/mol. The predicted octanol–water partition coefficient (Wildman–Crippen LogP) is 3.54. The van der Waals surface area contributed by atoms with Gasteiger partial charge >= 0.3 is 5.97 Å². The van der Waals surface area contributed by atoms with Crippen LogP contribution in [-0.2, 0) is 32.5 Å². The van der Waals surface area contributed by atoms with Gasteiger partial charge in [-0.15, -0.1) is 0 Å². The summed E-state index contributed by atoms with van der Waals surface area (Å²) >= 11 is 0. The molecular formula is C25H24N2O5S. The Morgan fingerprint density at radius 2 is 1.61 bits per heavy atom. The molecule has 0 aliphatic carbocycles. The standard InChI is InChI=1S/C25H24N2O5S/c1-31-25(28)19-32-23-11-7-20(8-12-23)15-16-27(18-22-5-3-2-4-6-22)33(29,30)24-13-9-21(17-26)10-14-24/h2-14H,15-16,18-19H2,1H3. The largest absolute Gasteiger partial charge is 0.482 e. The van der Waals surface area contributed by atoms with Gasteiger partial charge in [0.05, 0.1) is 23.6 Å². The van der Waals surface area contributed by atoms with E-state index in [4.69, 9.17) is 10.00 Å². The van der Waals surface area contributed by atoms with Crippen LogP contribution in [0.25, 0.3) is 0 Å². The first-order chi connectivity index (χ1) is 15.9. The highest BCUT2D eigenvalue weighted by atomic mass is 32.2. The fraction of sp³-hybridized carbons (Fsp3) is 0.200. The van der Waals surface area contributed by atoms with Crippen LogP contribution in [0.1, 0.15) is 16.7 Å². The molecule has 3 rings (SSSR count). The third-order valence-corrected chi connectivity index (χ3v) is 6.84. The van der Waals surface area contributed by atoms with Crippen molar-refractivity contribution in [2.75, 3.05) is 20.3 Å². The summed E-state index contributed by atoms with van der Waals surface area (Å²) in [5.41, 5.74) is 2.20. The number of ether oxygens (including phenoxy) is 2. The highest BCUT2D eigenvalue weighted by Gasteiger charge is 2.24. The number of carbonyl (C=O) groups excluding carboxylic acids is 1. The number of benzene rings is 3. The summed E-state index contributed by atoms with van der Waals surface area (Å²) in [4.78, 5) is 11.3. The van der Waals surface area contributed by atoms with Crippen LogP contribution in [0.3, 0.4) is 0 Å². The highest BCUT2D eigenvalue weighted by molar-refractivity contribution is 7.89. The summed E-state index contributed by atoms with van der Waals surface area (Å²) in [6.45, 7) is 0.312. The molecule has 33 heavy (non-hydrogen) atoms. The van der Waals surface area contributed by atoms with Gasteiger partial charge in [0.15, 0.2) is 6.61 Å². The van der Waals surface area contributed by atoms with E-state index in [0.717, 1.165) is 11.1 Å². The second-order valence-corrected chi connectivity index (χ2v) is 9.16. The molecule has 0 heterocycles. The maximum atomic E-state index is 13.4. The minimum absolute atomic E-state index is 0.143. The second-order valence-electron chi connectivity index (χ2n) is 7.22. The Morgan fingerprint density at radius 1 is 0.939 bits per heavy atom. The van der Waals surface area contributed by atoms with Crippen LogP contribution in [0, 0.1) is 11.3 Å². The van der Waals surface area contributed by atoms with Crippen molar-refractivity contribution in [3.63, 3.8) is 0 Å². The van der Waals surface area contributed by atoms with Crippen molar-refractivity contribution in [3.8, 4) is 11.8 Å². The molecule has 0 aliphatic heterocycles. The molecule has 0 atom stereocenters. The Labute approximate surface area is 193 Å². The molecule has 0 N–H and O–H groups in total. The van der Waals surface area contributed by atoms with E-state index in [1.165, 1.54) is 35.7 Å². The fourth-order valence-electron chi connectivity index (χ4n) is 3.13. The Kier molecular flexibility index (Phi) is 8.19. The molecule has 0 aromatic heterocycles. The smallest absolute Gasteiger partial charge is 0.343 e. The monoisotopic (exact) mass is 464 g/mol. The third kappa shape index (κ3) is 6.65. The van der Waals surface area contributed by atoms with Gasteiger partial charge < -0.3 is 9.47 Å². The van der Waals surface area contributed by atoms with Crippen LogP contribution >= 0.6 is 0 Å². The van der Waals surface area contributed by atoms with Crippen molar-refractivity contribution >= 4 is 16.0 Å². The van der Waals surface area contributed by atoms with Gasteiger partial charge in [-0.3, -0.25) is 0 Å². The molecule has 0 aliphatic rings. The van der Waals surface area contributed by atoms with Gasteiger partial charge in [-0.2, -0.15) is 9.57 Å². The Morgan fingerprint density at radius 3 is 2.21 bits per heavy atom. The molecule has 170 valence electrons. The van der Waals surface area contributed by atoms with E-state index in [2.05, 4.69) is 4.74 Å². The molecular weight excluding hydrogens is 440 g/mol. The third-order valence-electron chi connectivity index (χ3n) is 4.98. The summed E-state index contributed by atoms with van der Waals surface area (Å²) in [7, 11) is -2.48. The number of nitriles is 1. The Bertz CT molecular complexity index is 1200. The number of carbonyl (C=O) groups is 1. The molecule has 7 nitrogen and oxygen atoms in total. The Hall–Kier alpha value is -3.67. The number of rotatable bonds is 10. The van der Waals surface area contributed by atoms with Crippen molar-refractivity contribution in [3.05, 3.63) is 95.6 Å². The average molecular weight is 465 g/mol. The summed E-state index contributed by atoms with van der Waals surface area (Å²) < 4.78 is 38.1. The van der Waals surface area contributed by atoms with Crippen molar-refractivity contribution < 1.29 is 22.7 Å². The molecule has 0 bridgehead atoms. The maximum absolute atomic E-state index is 13.4. The summed E-state index contributed by atoms with van der Waals surface area (Å²) in [6, 6.07) is 24.4. The molecule has 0 saturated carbocycles. The lowest BCUT2D eigenvalue weighted by Crippen LogP contribution is -2.32. The number of hydrogen-bond donors (Lipinski definition) is 0.